The van der Waals surface area contributed by atoms with Gasteiger partial charge in [-0.1, -0.05) is 53.2 Å². The molecule has 4 heteroatoms. The molecule has 0 aromatic heterocycles. The van der Waals surface area contributed by atoms with E-state index in [1.165, 1.54) is 0 Å². The minimum atomic E-state index is 0. The molecule has 2 rings (SSSR count). The van der Waals surface area contributed by atoms with Gasteiger partial charge in [0.25, 0.3) is 0 Å². The zero-order valence-electron chi connectivity index (χ0n) is 7.72. The number of hydrogen-bond acceptors (Lipinski definition) is 2. The third kappa shape index (κ3) is 2.41. The van der Waals surface area contributed by atoms with Crippen LogP contribution in [-0.2, 0) is 0 Å². The van der Waals surface area contributed by atoms with Crippen molar-refractivity contribution in [2.24, 2.45) is 5.16 Å². The summed E-state index contributed by atoms with van der Waals surface area (Å²) in [5.41, 5.74) is 0.716. The first-order valence-electron chi connectivity index (χ1n) is 4.18. The lowest BCUT2D eigenvalue weighted by molar-refractivity contribution is 0.321. The lowest BCUT2D eigenvalue weighted by Gasteiger charge is -2.00. The predicted molar refractivity (Wildman–Crippen MR) is 65.4 cm³/mol. The summed E-state index contributed by atoms with van der Waals surface area (Å²) < 4.78 is 0. The highest BCUT2D eigenvalue weighted by Gasteiger charge is 2.00. The Morgan fingerprint density at radius 1 is 1.07 bits per heavy atom. The first-order valence-corrected chi connectivity index (χ1v) is 4.56. The number of oxime groups is 1. The SMILES string of the molecule is Cl.ON=C(Cl)c1ccc2ccccc2c1. The number of nitrogens with zero attached hydrogens (tertiary/aromatic N) is 1. The van der Waals surface area contributed by atoms with E-state index >= 15 is 0 Å². The zero-order chi connectivity index (χ0) is 9.97. The van der Waals surface area contributed by atoms with Gasteiger partial charge in [0, 0.05) is 5.56 Å². The summed E-state index contributed by atoms with van der Waals surface area (Å²) in [6.45, 7) is 0. The number of rotatable bonds is 1. The molecule has 0 fully saturated rings. The van der Waals surface area contributed by atoms with Crippen LogP contribution in [0.2, 0.25) is 0 Å². The van der Waals surface area contributed by atoms with Crippen molar-refractivity contribution in [3.05, 3.63) is 48.0 Å². The molecule has 0 heterocycles. The molecule has 0 bridgehead atoms. The summed E-state index contributed by atoms with van der Waals surface area (Å²) in [6.07, 6.45) is 0. The summed E-state index contributed by atoms with van der Waals surface area (Å²) in [6, 6.07) is 13.6. The fraction of sp³-hybridized carbons (Fsp3) is 0. The fourth-order valence-electron chi connectivity index (χ4n) is 1.38. The van der Waals surface area contributed by atoms with Crippen LogP contribution in [0.5, 0.6) is 0 Å². The van der Waals surface area contributed by atoms with Crippen molar-refractivity contribution in [1.29, 1.82) is 0 Å². The summed E-state index contributed by atoms with van der Waals surface area (Å²) in [4.78, 5) is 0. The average Bonchev–Trinajstić information content (AvgIpc) is 2.27. The Labute approximate surface area is 98.6 Å². The van der Waals surface area contributed by atoms with Crippen molar-refractivity contribution in [2.75, 3.05) is 0 Å². The third-order valence-electron chi connectivity index (χ3n) is 2.08. The molecule has 0 radical (unpaired) electrons. The molecule has 0 aliphatic carbocycles. The van der Waals surface area contributed by atoms with Crippen LogP contribution in [0.1, 0.15) is 5.56 Å². The van der Waals surface area contributed by atoms with E-state index < -0.39 is 0 Å². The molecule has 2 aromatic rings. The van der Waals surface area contributed by atoms with Gasteiger partial charge in [-0.2, -0.15) is 0 Å². The molecule has 1 N–H and O–H groups in total. The van der Waals surface area contributed by atoms with Gasteiger partial charge in [0.2, 0.25) is 0 Å². The van der Waals surface area contributed by atoms with E-state index in [0.29, 0.717) is 5.56 Å². The molecule has 2 nitrogen and oxygen atoms in total. The zero-order valence-corrected chi connectivity index (χ0v) is 9.29. The largest absolute Gasteiger partial charge is 0.410 e. The maximum Gasteiger partial charge on any atom is 0.175 e. The molecule has 0 amide bonds. The predicted octanol–water partition coefficient (Wildman–Crippen LogP) is 3.64. The van der Waals surface area contributed by atoms with E-state index in [4.69, 9.17) is 16.8 Å². The Morgan fingerprint density at radius 3 is 2.40 bits per heavy atom. The number of hydrogen-bond donors (Lipinski definition) is 1. The number of halogens is 2. The smallest absolute Gasteiger partial charge is 0.175 e. The second kappa shape index (κ2) is 5.01. The second-order valence-corrected chi connectivity index (χ2v) is 3.31. The standard InChI is InChI=1S/C11H8ClNO.ClH/c12-11(13-14)10-6-5-8-3-1-2-4-9(8)7-10;/h1-7,14H;1H. The van der Waals surface area contributed by atoms with E-state index in [2.05, 4.69) is 5.16 Å². The third-order valence-corrected chi connectivity index (χ3v) is 2.37. The molecule has 0 saturated heterocycles. The van der Waals surface area contributed by atoms with Gasteiger partial charge in [-0.25, -0.2) is 0 Å². The lowest BCUT2D eigenvalue weighted by Crippen LogP contribution is -1.90. The van der Waals surface area contributed by atoms with E-state index in [9.17, 15) is 0 Å². The van der Waals surface area contributed by atoms with Gasteiger partial charge in [0.1, 0.15) is 0 Å². The van der Waals surface area contributed by atoms with Gasteiger partial charge in [0.15, 0.2) is 5.17 Å². The summed E-state index contributed by atoms with van der Waals surface area (Å²) in [7, 11) is 0. The molecular weight excluding hydrogens is 233 g/mol. The Hall–Kier alpha value is -1.25. The summed E-state index contributed by atoms with van der Waals surface area (Å²) in [5, 5.41) is 13.8. The van der Waals surface area contributed by atoms with Crippen molar-refractivity contribution < 1.29 is 5.21 Å². The molecule has 2 aromatic carbocycles. The Balaban J connectivity index is 0.00000112. The van der Waals surface area contributed by atoms with Crippen LogP contribution in [0.15, 0.2) is 47.6 Å². The van der Waals surface area contributed by atoms with Gasteiger partial charge >= 0.3 is 0 Å². The van der Waals surface area contributed by atoms with Crippen LogP contribution in [0.3, 0.4) is 0 Å². The topological polar surface area (TPSA) is 32.6 Å². The summed E-state index contributed by atoms with van der Waals surface area (Å²) >= 11 is 5.69. The Kier molecular flexibility index (Phi) is 3.95. The van der Waals surface area contributed by atoms with Crippen LogP contribution in [0, 0.1) is 0 Å². The number of benzene rings is 2. The average molecular weight is 242 g/mol. The fourth-order valence-corrected chi connectivity index (χ4v) is 1.49. The van der Waals surface area contributed by atoms with E-state index in [1.54, 1.807) is 0 Å². The first kappa shape index (κ1) is 11.8. The molecular formula is C11H9Cl2NO. The molecule has 0 atom stereocenters. The minimum Gasteiger partial charge on any atom is -0.410 e. The molecule has 0 saturated carbocycles. The summed E-state index contributed by atoms with van der Waals surface area (Å²) in [5.74, 6) is 0. The van der Waals surface area contributed by atoms with Crippen LogP contribution >= 0.6 is 24.0 Å². The van der Waals surface area contributed by atoms with Crippen molar-refractivity contribution in [1.82, 2.24) is 0 Å². The van der Waals surface area contributed by atoms with Gasteiger partial charge in [-0.05, 0) is 16.8 Å². The van der Waals surface area contributed by atoms with Crippen molar-refractivity contribution >= 4 is 40.0 Å². The normalized spacial score (nSPS) is 11.1. The molecule has 78 valence electrons. The quantitative estimate of drug-likeness (QED) is 0.462. The van der Waals surface area contributed by atoms with Gasteiger partial charge in [0.05, 0.1) is 0 Å². The maximum atomic E-state index is 8.52. The first-order chi connectivity index (χ1) is 6.81. The van der Waals surface area contributed by atoms with Crippen LogP contribution < -0.4 is 0 Å². The maximum absolute atomic E-state index is 8.52. The van der Waals surface area contributed by atoms with Crippen LogP contribution in [0.4, 0.5) is 0 Å². The van der Waals surface area contributed by atoms with Crippen molar-refractivity contribution in [3.8, 4) is 0 Å². The molecule has 15 heavy (non-hydrogen) atoms. The molecule has 0 spiro atoms. The van der Waals surface area contributed by atoms with E-state index in [-0.39, 0.29) is 17.6 Å². The highest BCUT2D eigenvalue weighted by atomic mass is 35.5. The van der Waals surface area contributed by atoms with Gasteiger partial charge in [-0.15, -0.1) is 12.4 Å². The van der Waals surface area contributed by atoms with Gasteiger partial charge < -0.3 is 5.21 Å². The lowest BCUT2D eigenvalue weighted by atomic mass is 10.1. The molecule has 0 aliphatic heterocycles. The monoisotopic (exact) mass is 241 g/mol. The Morgan fingerprint density at radius 2 is 1.73 bits per heavy atom. The van der Waals surface area contributed by atoms with Crippen LogP contribution in [0.25, 0.3) is 10.8 Å². The molecule has 0 unspecified atom stereocenters. The highest BCUT2D eigenvalue weighted by Crippen LogP contribution is 2.16. The highest BCUT2D eigenvalue weighted by molar-refractivity contribution is 6.69. The van der Waals surface area contributed by atoms with E-state index in [1.807, 2.05) is 42.5 Å². The second-order valence-electron chi connectivity index (χ2n) is 2.95. The van der Waals surface area contributed by atoms with Crippen LogP contribution in [-0.4, -0.2) is 10.4 Å². The Bertz CT molecular complexity index is 497. The van der Waals surface area contributed by atoms with Crippen molar-refractivity contribution in [3.63, 3.8) is 0 Å². The van der Waals surface area contributed by atoms with E-state index in [0.717, 1.165) is 10.8 Å². The van der Waals surface area contributed by atoms with Crippen molar-refractivity contribution in [2.45, 2.75) is 0 Å². The minimum absolute atomic E-state index is 0. The van der Waals surface area contributed by atoms with Gasteiger partial charge in [-0.3, -0.25) is 0 Å². The number of fused-ring (bicyclic) bond motifs is 1. The molecule has 0 aliphatic rings.